The van der Waals surface area contributed by atoms with Crippen LogP contribution in [-0.2, 0) is 4.79 Å². The van der Waals surface area contributed by atoms with E-state index in [1.165, 1.54) is 11.3 Å². The zero-order valence-corrected chi connectivity index (χ0v) is 12.4. The van der Waals surface area contributed by atoms with Gasteiger partial charge in [0.25, 0.3) is 0 Å². The van der Waals surface area contributed by atoms with Crippen LogP contribution in [0.15, 0.2) is 22.0 Å². The predicted molar refractivity (Wildman–Crippen MR) is 74.7 cm³/mol. The second kappa shape index (κ2) is 5.55. The molecule has 0 fully saturated rings. The number of carbonyl (C=O) groups is 1. The van der Waals surface area contributed by atoms with E-state index in [0.717, 1.165) is 14.2 Å². The highest BCUT2D eigenvalue weighted by molar-refractivity contribution is 9.11. The summed E-state index contributed by atoms with van der Waals surface area (Å²) in [5, 5.41) is 19.6. The van der Waals surface area contributed by atoms with Crippen LogP contribution in [0, 0.1) is 18.8 Å². The predicted octanol–water partition coefficient (Wildman–Crippen LogP) is 3.52. The van der Waals surface area contributed by atoms with Crippen molar-refractivity contribution in [3.63, 3.8) is 0 Å². The van der Waals surface area contributed by atoms with Gasteiger partial charge < -0.3 is 10.2 Å². The molecular formula is C13H15BrO3S. The van der Waals surface area contributed by atoms with E-state index in [-0.39, 0.29) is 5.92 Å². The van der Waals surface area contributed by atoms with Crippen molar-refractivity contribution in [3.8, 4) is 0 Å². The van der Waals surface area contributed by atoms with Gasteiger partial charge in [-0.1, -0.05) is 12.2 Å². The fraction of sp³-hybridized carbons (Fsp3) is 0.462. The van der Waals surface area contributed by atoms with Crippen molar-refractivity contribution < 1.29 is 15.0 Å². The van der Waals surface area contributed by atoms with E-state index < -0.39 is 18.0 Å². The summed E-state index contributed by atoms with van der Waals surface area (Å²) in [5.74, 6) is -1.56. The van der Waals surface area contributed by atoms with Gasteiger partial charge in [0.05, 0.1) is 15.8 Å². The Kier molecular flexibility index (Phi) is 4.25. The third-order valence-corrected chi connectivity index (χ3v) is 5.58. The Hall–Kier alpha value is -0.650. The largest absolute Gasteiger partial charge is 0.481 e. The van der Waals surface area contributed by atoms with Gasteiger partial charge in [-0.05, 0) is 47.3 Å². The summed E-state index contributed by atoms with van der Waals surface area (Å²) in [4.78, 5) is 12.1. The van der Waals surface area contributed by atoms with Crippen molar-refractivity contribution in [2.24, 2.45) is 11.8 Å². The standard InChI is InChI=1S/C13H15BrO3S/c1-7-6-10(18-12(7)14)11(15)8-4-2-3-5-9(8)13(16)17/h2-3,6,8-9,11,15H,4-5H2,1H3,(H,16,17). The molecule has 2 rings (SSSR count). The molecule has 1 aliphatic rings. The normalized spacial score (nSPS) is 25.1. The van der Waals surface area contributed by atoms with Gasteiger partial charge in [-0.25, -0.2) is 0 Å². The van der Waals surface area contributed by atoms with Gasteiger partial charge in [-0.15, -0.1) is 11.3 Å². The highest BCUT2D eigenvalue weighted by Crippen LogP contribution is 2.40. The Morgan fingerprint density at radius 2 is 2.17 bits per heavy atom. The summed E-state index contributed by atoms with van der Waals surface area (Å²) in [6, 6.07) is 1.93. The van der Waals surface area contributed by atoms with Crippen molar-refractivity contribution in [1.29, 1.82) is 0 Å². The van der Waals surface area contributed by atoms with Gasteiger partial charge in [-0.2, -0.15) is 0 Å². The van der Waals surface area contributed by atoms with Crippen LogP contribution in [0.1, 0.15) is 29.4 Å². The van der Waals surface area contributed by atoms with E-state index >= 15 is 0 Å². The van der Waals surface area contributed by atoms with Crippen molar-refractivity contribution in [2.75, 3.05) is 0 Å². The van der Waals surface area contributed by atoms with Crippen molar-refractivity contribution in [3.05, 3.63) is 32.4 Å². The van der Waals surface area contributed by atoms with E-state index in [1.807, 2.05) is 25.1 Å². The van der Waals surface area contributed by atoms with E-state index in [2.05, 4.69) is 15.9 Å². The van der Waals surface area contributed by atoms with Gasteiger partial charge >= 0.3 is 5.97 Å². The molecule has 3 nitrogen and oxygen atoms in total. The first-order valence-electron chi connectivity index (χ1n) is 5.82. The Balaban J connectivity index is 2.23. The summed E-state index contributed by atoms with van der Waals surface area (Å²) in [7, 11) is 0. The topological polar surface area (TPSA) is 57.5 Å². The minimum absolute atomic E-state index is 0.238. The van der Waals surface area contributed by atoms with Gasteiger partial charge in [0, 0.05) is 10.8 Å². The number of aliphatic hydroxyl groups is 1. The summed E-state index contributed by atoms with van der Waals surface area (Å²) < 4.78 is 0.995. The minimum atomic E-state index is -0.823. The zero-order chi connectivity index (χ0) is 13.3. The summed E-state index contributed by atoms with van der Waals surface area (Å²) in [6.45, 7) is 1.96. The molecule has 1 heterocycles. The molecule has 3 atom stereocenters. The second-order valence-electron chi connectivity index (χ2n) is 4.60. The number of aryl methyl sites for hydroxylation is 1. The number of rotatable bonds is 3. The quantitative estimate of drug-likeness (QED) is 0.833. The maximum absolute atomic E-state index is 11.2. The van der Waals surface area contributed by atoms with E-state index in [9.17, 15) is 15.0 Å². The molecule has 98 valence electrons. The van der Waals surface area contributed by atoms with Crippen LogP contribution in [0.25, 0.3) is 0 Å². The first-order chi connectivity index (χ1) is 8.50. The number of allylic oxidation sites excluding steroid dienone is 2. The van der Waals surface area contributed by atoms with Crippen molar-refractivity contribution in [1.82, 2.24) is 0 Å². The molecule has 0 saturated heterocycles. The van der Waals surface area contributed by atoms with E-state index in [0.29, 0.717) is 12.8 Å². The van der Waals surface area contributed by atoms with Crippen LogP contribution >= 0.6 is 27.3 Å². The molecule has 5 heteroatoms. The third kappa shape index (κ3) is 2.68. The van der Waals surface area contributed by atoms with Crippen LogP contribution in [0.2, 0.25) is 0 Å². The molecule has 1 aromatic heterocycles. The third-order valence-electron chi connectivity index (χ3n) is 3.37. The average Bonchev–Trinajstić information content (AvgIpc) is 2.68. The highest BCUT2D eigenvalue weighted by atomic mass is 79.9. The van der Waals surface area contributed by atoms with Crippen LogP contribution in [0.4, 0.5) is 0 Å². The lowest BCUT2D eigenvalue weighted by molar-refractivity contribution is -0.145. The van der Waals surface area contributed by atoms with Crippen LogP contribution < -0.4 is 0 Å². The number of carboxylic acid groups (broad SMARTS) is 1. The highest BCUT2D eigenvalue weighted by Gasteiger charge is 2.35. The Labute approximate surface area is 118 Å². The van der Waals surface area contributed by atoms with Crippen molar-refractivity contribution in [2.45, 2.75) is 25.9 Å². The van der Waals surface area contributed by atoms with E-state index in [4.69, 9.17) is 0 Å². The Morgan fingerprint density at radius 1 is 1.50 bits per heavy atom. The minimum Gasteiger partial charge on any atom is -0.481 e. The summed E-state index contributed by atoms with van der Waals surface area (Å²) >= 11 is 4.91. The fourth-order valence-electron chi connectivity index (χ4n) is 2.31. The molecule has 0 radical (unpaired) electrons. The molecule has 2 N–H and O–H groups in total. The molecule has 0 spiro atoms. The van der Waals surface area contributed by atoms with Crippen LogP contribution in [0.5, 0.6) is 0 Å². The first-order valence-corrected chi connectivity index (χ1v) is 7.43. The first kappa shape index (κ1) is 13.8. The number of hydrogen-bond donors (Lipinski definition) is 2. The lowest BCUT2D eigenvalue weighted by Gasteiger charge is -2.28. The molecule has 0 saturated carbocycles. The van der Waals surface area contributed by atoms with Crippen LogP contribution in [-0.4, -0.2) is 16.2 Å². The average molecular weight is 331 g/mol. The number of carboxylic acids is 1. The summed E-state index contributed by atoms with van der Waals surface area (Å²) in [6.07, 6.45) is 4.27. The molecule has 1 aromatic rings. The number of thiophene rings is 1. The SMILES string of the molecule is Cc1cc(C(O)C2CC=CCC2C(=O)O)sc1Br. The number of aliphatic hydroxyl groups excluding tert-OH is 1. The molecule has 18 heavy (non-hydrogen) atoms. The second-order valence-corrected chi connectivity index (χ2v) is 7.00. The van der Waals surface area contributed by atoms with Gasteiger partial charge in [0.15, 0.2) is 0 Å². The molecular weight excluding hydrogens is 316 g/mol. The molecule has 0 bridgehead atoms. The lowest BCUT2D eigenvalue weighted by atomic mass is 9.79. The maximum atomic E-state index is 11.2. The monoisotopic (exact) mass is 330 g/mol. The number of aliphatic carboxylic acids is 1. The Morgan fingerprint density at radius 3 is 2.72 bits per heavy atom. The number of hydrogen-bond acceptors (Lipinski definition) is 3. The fourth-order valence-corrected chi connectivity index (χ4v) is 3.94. The van der Waals surface area contributed by atoms with Gasteiger partial charge in [0.1, 0.15) is 0 Å². The zero-order valence-electron chi connectivity index (χ0n) is 9.97. The van der Waals surface area contributed by atoms with Crippen molar-refractivity contribution >= 4 is 33.2 Å². The molecule has 0 aromatic carbocycles. The smallest absolute Gasteiger partial charge is 0.307 e. The molecule has 3 unspecified atom stereocenters. The maximum Gasteiger partial charge on any atom is 0.307 e. The number of halogens is 1. The van der Waals surface area contributed by atoms with Gasteiger partial charge in [0.2, 0.25) is 0 Å². The molecule has 0 aliphatic heterocycles. The molecule has 0 amide bonds. The van der Waals surface area contributed by atoms with E-state index in [1.54, 1.807) is 0 Å². The Bertz CT molecular complexity index is 461. The molecule has 1 aliphatic carbocycles. The lowest BCUT2D eigenvalue weighted by Crippen LogP contribution is -2.29. The van der Waals surface area contributed by atoms with Crippen LogP contribution in [0.3, 0.4) is 0 Å². The summed E-state index contributed by atoms with van der Waals surface area (Å²) in [5.41, 5.74) is 1.08. The van der Waals surface area contributed by atoms with Gasteiger partial charge in [-0.3, -0.25) is 4.79 Å².